The van der Waals surface area contributed by atoms with Crippen molar-refractivity contribution in [2.24, 2.45) is 0 Å². The second-order valence-corrected chi connectivity index (χ2v) is 6.17. The number of benzene rings is 2. The van der Waals surface area contributed by atoms with Gasteiger partial charge in [0.05, 0.1) is 11.3 Å². The predicted octanol–water partition coefficient (Wildman–Crippen LogP) is 4.76. The molecule has 27 heavy (non-hydrogen) atoms. The summed E-state index contributed by atoms with van der Waals surface area (Å²) in [5.41, 5.74) is -0.877. The molecule has 0 unspecified atom stereocenters. The lowest BCUT2D eigenvalue weighted by Gasteiger charge is -2.28. The highest BCUT2D eigenvalue weighted by molar-refractivity contribution is 6.30. The van der Waals surface area contributed by atoms with Crippen molar-refractivity contribution in [3.8, 4) is 0 Å². The second kappa shape index (κ2) is 8.43. The van der Waals surface area contributed by atoms with Gasteiger partial charge in [0.25, 0.3) is 0 Å². The van der Waals surface area contributed by atoms with E-state index in [1.54, 1.807) is 37.3 Å². The van der Waals surface area contributed by atoms with Crippen LogP contribution in [0.1, 0.15) is 19.4 Å². The average Bonchev–Trinajstić information content (AvgIpc) is 2.60. The Morgan fingerprint density at radius 3 is 2.19 bits per heavy atom. The summed E-state index contributed by atoms with van der Waals surface area (Å²) >= 11 is 5.69. The lowest BCUT2D eigenvalue weighted by molar-refractivity contribution is -0.137. The number of carbonyl (C=O) groups is 2. The van der Waals surface area contributed by atoms with E-state index in [1.807, 2.05) is 0 Å². The molecule has 0 aliphatic rings. The van der Waals surface area contributed by atoms with Crippen molar-refractivity contribution in [2.75, 3.05) is 22.9 Å². The minimum Gasteiger partial charge on any atom is -0.311 e. The zero-order valence-electron chi connectivity index (χ0n) is 14.8. The quantitative estimate of drug-likeness (QED) is 0.728. The molecule has 0 atom stereocenters. The van der Waals surface area contributed by atoms with Crippen LogP contribution in [-0.4, -0.2) is 24.9 Å². The van der Waals surface area contributed by atoms with Gasteiger partial charge in [0, 0.05) is 24.2 Å². The number of hydrogen-bond acceptors (Lipinski definition) is 2. The first-order chi connectivity index (χ1) is 12.6. The van der Waals surface area contributed by atoms with Gasteiger partial charge in [-0.25, -0.2) is 0 Å². The molecule has 0 saturated carbocycles. The fraction of sp³-hybridized carbons (Fsp3) is 0.263. The van der Waals surface area contributed by atoms with Crippen LogP contribution in [0.3, 0.4) is 0 Å². The molecule has 2 aromatic rings. The molecular formula is C19H18ClF3N2O2. The summed E-state index contributed by atoms with van der Waals surface area (Å²) in [6.45, 7) is 2.64. The Morgan fingerprint density at radius 2 is 1.67 bits per heavy atom. The number of amides is 2. The number of rotatable bonds is 5. The smallest absolute Gasteiger partial charge is 0.311 e. The normalized spacial score (nSPS) is 11.2. The Labute approximate surface area is 160 Å². The van der Waals surface area contributed by atoms with E-state index in [0.717, 1.165) is 24.0 Å². The van der Waals surface area contributed by atoms with Crippen LogP contribution in [-0.2, 0) is 15.8 Å². The monoisotopic (exact) mass is 398 g/mol. The summed E-state index contributed by atoms with van der Waals surface area (Å²) in [6, 6.07) is 11.8. The molecule has 0 aliphatic carbocycles. The van der Waals surface area contributed by atoms with Gasteiger partial charge in [-0.15, -0.1) is 0 Å². The predicted molar refractivity (Wildman–Crippen MR) is 99.0 cm³/mol. The minimum absolute atomic E-state index is 0.111. The number of nitrogens with zero attached hydrogens (tertiary/aromatic N) is 2. The summed E-state index contributed by atoms with van der Waals surface area (Å²) in [6.07, 6.45) is -4.72. The Bertz CT molecular complexity index is 825. The van der Waals surface area contributed by atoms with Gasteiger partial charge in [0.2, 0.25) is 11.8 Å². The summed E-state index contributed by atoms with van der Waals surface area (Å²) in [5, 5.41) is -0.111. The molecule has 0 heterocycles. The molecule has 0 spiro atoms. The van der Waals surface area contributed by atoms with Gasteiger partial charge >= 0.3 is 6.18 Å². The molecule has 0 saturated heterocycles. The largest absolute Gasteiger partial charge is 0.418 e. The van der Waals surface area contributed by atoms with Gasteiger partial charge in [-0.2, -0.15) is 13.2 Å². The standard InChI is InChI=1S/C19H18ClF3N2O2/c1-3-24(15-7-5-4-6-8-15)18(27)12-25(13(2)26)17-10-9-14(20)11-16(17)19(21,22)23/h4-11H,3,12H2,1-2H3. The third-order valence-electron chi connectivity index (χ3n) is 3.91. The third kappa shape index (κ3) is 5.01. The number of carbonyl (C=O) groups excluding carboxylic acids is 2. The van der Waals surface area contributed by atoms with E-state index < -0.39 is 35.8 Å². The Hall–Kier alpha value is -2.54. The SMILES string of the molecule is CCN(C(=O)CN(C(C)=O)c1ccc(Cl)cc1C(F)(F)F)c1ccccc1. The molecule has 4 nitrogen and oxygen atoms in total. The number of para-hydroxylation sites is 1. The third-order valence-corrected chi connectivity index (χ3v) is 4.15. The summed E-state index contributed by atoms with van der Waals surface area (Å²) in [4.78, 5) is 27.0. The molecule has 8 heteroatoms. The lowest BCUT2D eigenvalue weighted by atomic mass is 10.1. The van der Waals surface area contributed by atoms with E-state index in [-0.39, 0.29) is 5.02 Å². The Morgan fingerprint density at radius 1 is 1.04 bits per heavy atom. The number of halogens is 4. The van der Waals surface area contributed by atoms with Crippen molar-refractivity contribution in [1.29, 1.82) is 0 Å². The molecule has 2 amide bonds. The molecule has 0 bridgehead atoms. The van der Waals surface area contributed by atoms with Crippen LogP contribution < -0.4 is 9.80 Å². The van der Waals surface area contributed by atoms with Gasteiger partial charge in [-0.05, 0) is 37.3 Å². The van der Waals surface area contributed by atoms with Crippen LogP contribution in [0.5, 0.6) is 0 Å². The maximum Gasteiger partial charge on any atom is 0.418 e. The Balaban J connectivity index is 2.39. The number of anilines is 2. The van der Waals surface area contributed by atoms with Gasteiger partial charge in [0.15, 0.2) is 0 Å². The minimum atomic E-state index is -4.72. The van der Waals surface area contributed by atoms with Gasteiger partial charge in [-0.1, -0.05) is 29.8 Å². The zero-order chi connectivity index (χ0) is 20.2. The van der Waals surface area contributed by atoms with Gasteiger partial charge < -0.3 is 9.80 Å². The van der Waals surface area contributed by atoms with Crippen LogP contribution in [0.25, 0.3) is 0 Å². The fourth-order valence-electron chi connectivity index (χ4n) is 2.67. The van der Waals surface area contributed by atoms with E-state index in [9.17, 15) is 22.8 Å². The van der Waals surface area contributed by atoms with Crippen LogP contribution >= 0.6 is 11.6 Å². The Kier molecular flexibility index (Phi) is 6.49. The van der Waals surface area contributed by atoms with Gasteiger partial charge in [-0.3, -0.25) is 9.59 Å². The van der Waals surface area contributed by atoms with E-state index >= 15 is 0 Å². The van der Waals surface area contributed by atoms with Crippen molar-refractivity contribution >= 4 is 34.8 Å². The average molecular weight is 399 g/mol. The molecule has 0 N–H and O–H groups in total. The first-order valence-corrected chi connectivity index (χ1v) is 8.53. The molecule has 144 valence electrons. The van der Waals surface area contributed by atoms with Crippen LogP contribution in [0, 0.1) is 0 Å². The summed E-state index contributed by atoms with van der Waals surface area (Å²) < 4.78 is 40.2. The van der Waals surface area contributed by atoms with Crippen molar-refractivity contribution < 1.29 is 22.8 Å². The molecule has 0 aromatic heterocycles. The number of hydrogen-bond donors (Lipinski definition) is 0. The van der Waals surface area contributed by atoms with Crippen molar-refractivity contribution in [3.63, 3.8) is 0 Å². The molecule has 0 fully saturated rings. The topological polar surface area (TPSA) is 40.6 Å². The first-order valence-electron chi connectivity index (χ1n) is 8.15. The van der Waals surface area contributed by atoms with Crippen LogP contribution in [0.4, 0.5) is 24.5 Å². The zero-order valence-corrected chi connectivity index (χ0v) is 15.5. The molecule has 2 aromatic carbocycles. The lowest BCUT2D eigenvalue weighted by Crippen LogP contribution is -2.43. The summed E-state index contributed by atoms with van der Waals surface area (Å²) in [5.74, 6) is -1.18. The number of likely N-dealkylation sites (N-methyl/N-ethyl adjacent to an activating group) is 1. The highest BCUT2D eigenvalue weighted by Gasteiger charge is 2.36. The second-order valence-electron chi connectivity index (χ2n) is 5.74. The highest BCUT2D eigenvalue weighted by Crippen LogP contribution is 2.38. The molecule has 2 rings (SSSR count). The fourth-order valence-corrected chi connectivity index (χ4v) is 2.84. The van der Waals surface area contributed by atoms with E-state index in [0.29, 0.717) is 12.2 Å². The van der Waals surface area contributed by atoms with E-state index in [4.69, 9.17) is 11.6 Å². The maximum absolute atomic E-state index is 13.4. The van der Waals surface area contributed by atoms with E-state index in [1.165, 1.54) is 11.0 Å². The molecule has 0 radical (unpaired) electrons. The molecule has 0 aliphatic heterocycles. The van der Waals surface area contributed by atoms with Crippen molar-refractivity contribution in [2.45, 2.75) is 20.0 Å². The highest BCUT2D eigenvalue weighted by atomic mass is 35.5. The van der Waals surface area contributed by atoms with Crippen LogP contribution in [0.2, 0.25) is 5.02 Å². The molecular weight excluding hydrogens is 381 g/mol. The van der Waals surface area contributed by atoms with Crippen LogP contribution in [0.15, 0.2) is 48.5 Å². The first kappa shape index (κ1) is 20.8. The van der Waals surface area contributed by atoms with Gasteiger partial charge in [0.1, 0.15) is 6.54 Å². The maximum atomic E-state index is 13.4. The summed E-state index contributed by atoms with van der Waals surface area (Å²) in [7, 11) is 0. The van der Waals surface area contributed by atoms with Crippen molar-refractivity contribution in [3.05, 3.63) is 59.1 Å². The number of alkyl halides is 3. The van der Waals surface area contributed by atoms with Crippen molar-refractivity contribution in [1.82, 2.24) is 0 Å². The van der Waals surface area contributed by atoms with E-state index in [2.05, 4.69) is 0 Å².